The molecule has 0 aliphatic carbocycles. The molecule has 19 heavy (non-hydrogen) atoms. The third-order valence-electron chi connectivity index (χ3n) is 3.59. The molecule has 1 rings (SSSR count). The maximum atomic E-state index is 12.6. The van der Waals surface area contributed by atoms with Gasteiger partial charge in [0.25, 0.3) is 0 Å². The molecular formula is C17H26O2. The Labute approximate surface area is 117 Å². The Morgan fingerprint density at radius 1 is 1.11 bits per heavy atom. The molecule has 0 saturated carbocycles. The number of hydrogen-bond donors (Lipinski definition) is 0. The summed E-state index contributed by atoms with van der Waals surface area (Å²) in [6, 6.07) is 3.93. The van der Waals surface area contributed by atoms with Gasteiger partial charge in [0.05, 0.1) is 7.11 Å². The van der Waals surface area contributed by atoms with E-state index in [1.807, 2.05) is 26.0 Å². The van der Waals surface area contributed by atoms with Crippen LogP contribution in [0.3, 0.4) is 0 Å². The van der Waals surface area contributed by atoms with E-state index in [1.165, 1.54) is 0 Å². The van der Waals surface area contributed by atoms with Gasteiger partial charge in [0.15, 0.2) is 5.78 Å². The van der Waals surface area contributed by atoms with Crippen LogP contribution in [-0.4, -0.2) is 12.9 Å². The highest BCUT2D eigenvalue weighted by Gasteiger charge is 2.20. The standard InChI is InChI=1S/C17H26O2/c1-6-8-14(9-7-2)16(18)15-10-12(3)17(19-5)13(4)11-15/h10-11,14H,6-9H2,1-5H3. The molecule has 2 heteroatoms. The van der Waals surface area contributed by atoms with Crippen LogP contribution in [-0.2, 0) is 0 Å². The van der Waals surface area contributed by atoms with Crippen LogP contribution in [0.5, 0.6) is 5.75 Å². The molecule has 0 unspecified atom stereocenters. The number of aryl methyl sites for hydroxylation is 2. The second-order valence-corrected chi connectivity index (χ2v) is 5.28. The van der Waals surface area contributed by atoms with Crippen molar-refractivity contribution in [2.45, 2.75) is 53.4 Å². The number of methoxy groups -OCH3 is 1. The first-order valence-electron chi connectivity index (χ1n) is 7.24. The molecule has 1 aromatic rings. The van der Waals surface area contributed by atoms with Gasteiger partial charge in [-0.2, -0.15) is 0 Å². The smallest absolute Gasteiger partial charge is 0.165 e. The Bertz CT molecular complexity index is 406. The van der Waals surface area contributed by atoms with E-state index in [-0.39, 0.29) is 11.7 Å². The number of ether oxygens (including phenoxy) is 1. The predicted molar refractivity (Wildman–Crippen MR) is 80.1 cm³/mol. The number of benzene rings is 1. The summed E-state index contributed by atoms with van der Waals surface area (Å²) in [5, 5.41) is 0. The van der Waals surface area contributed by atoms with Crippen molar-refractivity contribution in [3.8, 4) is 5.75 Å². The molecule has 0 N–H and O–H groups in total. The van der Waals surface area contributed by atoms with E-state index in [1.54, 1.807) is 7.11 Å². The van der Waals surface area contributed by atoms with Gasteiger partial charge in [-0.1, -0.05) is 26.7 Å². The third-order valence-corrected chi connectivity index (χ3v) is 3.59. The van der Waals surface area contributed by atoms with E-state index >= 15 is 0 Å². The van der Waals surface area contributed by atoms with Gasteiger partial charge < -0.3 is 4.74 Å². The first-order valence-corrected chi connectivity index (χ1v) is 7.24. The van der Waals surface area contributed by atoms with Gasteiger partial charge in [0.1, 0.15) is 5.75 Å². The fraction of sp³-hybridized carbons (Fsp3) is 0.588. The minimum Gasteiger partial charge on any atom is -0.496 e. The van der Waals surface area contributed by atoms with Crippen molar-refractivity contribution in [1.82, 2.24) is 0 Å². The highest BCUT2D eigenvalue weighted by Crippen LogP contribution is 2.27. The average Bonchev–Trinajstić information content (AvgIpc) is 2.37. The lowest BCUT2D eigenvalue weighted by atomic mass is 9.88. The van der Waals surface area contributed by atoms with Gasteiger partial charge in [-0.25, -0.2) is 0 Å². The number of carbonyl (C=O) groups excluding carboxylic acids is 1. The molecule has 0 heterocycles. The zero-order valence-electron chi connectivity index (χ0n) is 12.9. The second kappa shape index (κ2) is 7.32. The molecule has 2 nitrogen and oxygen atoms in total. The van der Waals surface area contributed by atoms with Crippen LogP contribution in [0.15, 0.2) is 12.1 Å². The summed E-state index contributed by atoms with van der Waals surface area (Å²) in [5.41, 5.74) is 2.91. The van der Waals surface area contributed by atoms with Crippen molar-refractivity contribution in [3.63, 3.8) is 0 Å². The van der Waals surface area contributed by atoms with E-state index in [9.17, 15) is 4.79 Å². The SMILES string of the molecule is CCCC(CCC)C(=O)c1cc(C)c(OC)c(C)c1. The molecule has 0 bridgehead atoms. The Morgan fingerprint density at radius 2 is 1.58 bits per heavy atom. The zero-order chi connectivity index (χ0) is 14.4. The molecule has 0 spiro atoms. The summed E-state index contributed by atoms with van der Waals surface area (Å²) >= 11 is 0. The summed E-state index contributed by atoms with van der Waals surface area (Å²) in [4.78, 5) is 12.6. The fourth-order valence-electron chi connectivity index (χ4n) is 2.75. The molecule has 1 aromatic carbocycles. The maximum absolute atomic E-state index is 12.6. The minimum absolute atomic E-state index is 0.169. The molecule has 0 aliphatic rings. The Balaban J connectivity index is 3.04. The lowest BCUT2D eigenvalue weighted by Gasteiger charge is -2.16. The molecule has 0 atom stereocenters. The Hall–Kier alpha value is -1.31. The van der Waals surface area contributed by atoms with Gasteiger partial charge in [-0.15, -0.1) is 0 Å². The molecule has 0 saturated heterocycles. The fourth-order valence-corrected chi connectivity index (χ4v) is 2.75. The van der Waals surface area contributed by atoms with Crippen molar-refractivity contribution >= 4 is 5.78 Å². The molecule has 0 amide bonds. The highest BCUT2D eigenvalue weighted by atomic mass is 16.5. The van der Waals surface area contributed by atoms with E-state index in [4.69, 9.17) is 4.74 Å². The monoisotopic (exact) mass is 262 g/mol. The van der Waals surface area contributed by atoms with Gasteiger partial charge in [-0.3, -0.25) is 4.79 Å². The van der Waals surface area contributed by atoms with Crippen LogP contribution >= 0.6 is 0 Å². The van der Waals surface area contributed by atoms with E-state index in [0.717, 1.165) is 48.1 Å². The number of ketones is 1. The first-order chi connectivity index (χ1) is 9.04. The van der Waals surface area contributed by atoms with Crippen LogP contribution in [0, 0.1) is 19.8 Å². The Morgan fingerprint density at radius 3 is 1.95 bits per heavy atom. The lowest BCUT2D eigenvalue weighted by Crippen LogP contribution is -2.15. The molecular weight excluding hydrogens is 236 g/mol. The van der Waals surface area contributed by atoms with Crippen LogP contribution in [0.1, 0.15) is 61.0 Å². The molecule has 106 valence electrons. The van der Waals surface area contributed by atoms with Crippen LogP contribution < -0.4 is 4.74 Å². The summed E-state index contributed by atoms with van der Waals surface area (Å²) in [6.07, 6.45) is 4.09. The minimum atomic E-state index is 0.169. The molecule has 0 radical (unpaired) electrons. The quantitative estimate of drug-likeness (QED) is 0.665. The van der Waals surface area contributed by atoms with E-state index in [2.05, 4.69) is 13.8 Å². The molecule has 0 fully saturated rings. The topological polar surface area (TPSA) is 26.3 Å². The van der Waals surface area contributed by atoms with Crippen molar-refractivity contribution < 1.29 is 9.53 Å². The van der Waals surface area contributed by atoms with Crippen molar-refractivity contribution in [1.29, 1.82) is 0 Å². The van der Waals surface area contributed by atoms with Crippen LogP contribution in [0.4, 0.5) is 0 Å². The maximum Gasteiger partial charge on any atom is 0.165 e. The third kappa shape index (κ3) is 3.82. The van der Waals surface area contributed by atoms with Crippen molar-refractivity contribution in [2.24, 2.45) is 5.92 Å². The summed E-state index contributed by atoms with van der Waals surface area (Å²) in [7, 11) is 1.67. The summed E-state index contributed by atoms with van der Waals surface area (Å²) in [5.74, 6) is 1.35. The van der Waals surface area contributed by atoms with Gasteiger partial charge in [0, 0.05) is 11.5 Å². The number of hydrogen-bond acceptors (Lipinski definition) is 2. The molecule has 0 aromatic heterocycles. The van der Waals surface area contributed by atoms with E-state index < -0.39 is 0 Å². The van der Waals surface area contributed by atoms with Crippen LogP contribution in [0.2, 0.25) is 0 Å². The zero-order valence-corrected chi connectivity index (χ0v) is 12.9. The van der Waals surface area contributed by atoms with Crippen LogP contribution in [0.25, 0.3) is 0 Å². The van der Waals surface area contributed by atoms with Crippen molar-refractivity contribution in [2.75, 3.05) is 7.11 Å². The number of Topliss-reactive ketones (excluding diaryl/α,β-unsaturated/α-hetero) is 1. The van der Waals surface area contributed by atoms with Crippen molar-refractivity contribution in [3.05, 3.63) is 28.8 Å². The van der Waals surface area contributed by atoms with E-state index in [0.29, 0.717) is 0 Å². The Kier molecular flexibility index (Phi) is 6.07. The number of rotatable bonds is 7. The average molecular weight is 262 g/mol. The highest BCUT2D eigenvalue weighted by molar-refractivity contribution is 5.98. The first kappa shape index (κ1) is 15.7. The summed E-state index contributed by atoms with van der Waals surface area (Å²) in [6.45, 7) is 8.27. The van der Waals surface area contributed by atoms with Gasteiger partial charge in [0.2, 0.25) is 0 Å². The lowest BCUT2D eigenvalue weighted by molar-refractivity contribution is 0.0904. The van der Waals surface area contributed by atoms with Gasteiger partial charge in [-0.05, 0) is 49.9 Å². The largest absolute Gasteiger partial charge is 0.496 e. The molecule has 0 aliphatic heterocycles. The summed E-state index contributed by atoms with van der Waals surface area (Å²) < 4.78 is 5.35. The number of carbonyl (C=O) groups is 1. The normalized spacial score (nSPS) is 10.8. The second-order valence-electron chi connectivity index (χ2n) is 5.28. The predicted octanol–water partition coefficient (Wildman–Crippen LogP) is 4.71. The van der Waals surface area contributed by atoms with Gasteiger partial charge >= 0.3 is 0 Å².